The van der Waals surface area contributed by atoms with Crippen LogP contribution in [0.3, 0.4) is 0 Å². The molecule has 0 aromatic rings. The third-order valence-electron chi connectivity index (χ3n) is 6.62. The molecule has 0 bridgehead atoms. The number of carboxylic acid groups (broad SMARTS) is 4. The number of hydrogen-bond donors (Lipinski definition) is 0. The molecular weight excluding hydrogens is 788 g/mol. The first-order chi connectivity index (χ1) is 24.1. The summed E-state index contributed by atoms with van der Waals surface area (Å²) in [7, 11) is 0. The van der Waals surface area contributed by atoms with Gasteiger partial charge in [0.15, 0.2) is 23.1 Å². The van der Waals surface area contributed by atoms with Crippen LogP contribution in [0.1, 0.15) is 81.1 Å². The summed E-state index contributed by atoms with van der Waals surface area (Å²) in [4.78, 5) is 132. The number of aliphatic carboxylic acids is 4. The maximum absolute atomic E-state index is 11.1. The quantitative estimate of drug-likeness (QED) is 0.0815. The van der Waals surface area contributed by atoms with E-state index in [-0.39, 0.29) is 26.2 Å². The third kappa shape index (κ3) is 27.6. The molecule has 0 aliphatic carbocycles. The Bertz CT molecular complexity index is 1080. The van der Waals surface area contributed by atoms with E-state index in [1.807, 2.05) is 0 Å². The molecule has 0 aromatic heterocycles. The summed E-state index contributed by atoms with van der Waals surface area (Å²) in [6, 6.07) is 0. The molecule has 20 nitrogen and oxygen atoms in total. The molecule has 0 saturated heterocycles. The SMILES string of the molecule is CCN(CC)C(=O)CC(=O)C(=O)[O-].CCN(CC)C(=O)CC(=O)C(=O)[O-].CCN(CC)C(=O)CC(=O)C(=O)[O-].CCN(CC)C(=O)CC(=O)C(=O)[O-].[Zr+4]. The number of Topliss-reactive ketones (excluding diaryl/α,β-unsaturated/α-hetero) is 4. The molecule has 0 N–H and O–H groups in total. The van der Waals surface area contributed by atoms with Gasteiger partial charge >= 0.3 is 26.2 Å². The van der Waals surface area contributed by atoms with Crippen LogP contribution in [0.5, 0.6) is 0 Å². The fourth-order valence-corrected chi connectivity index (χ4v) is 3.59. The van der Waals surface area contributed by atoms with E-state index in [1.54, 1.807) is 55.4 Å². The average Bonchev–Trinajstić information content (AvgIpc) is 3.07. The van der Waals surface area contributed by atoms with E-state index in [2.05, 4.69) is 0 Å². The molecule has 0 aliphatic rings. The van der Waals surface area contributed by atoms with Crippen LogP contribution in [-0.4, -0.2) is 143 Å². The predicted molar refractivity (Wildman–Crippen MR) is 170 cm³/mol. The van der Waals surface area contributed by atoms with Gasteiger partial charge in [-0.3, -0.25) is 38.4 Å². The molecule has 21 heteroatoms. The number of hydrogen-bond acceptors (Lipinski definition) is 16. The molecule has 0 rings (SSSR count). The zero-order chi connectivity index (χ0) is 41.7. The number of amides is 4. The van der Waals surface area contributed by atoms with Gasteiger partial charge in [-0.05, 0) is 55.4 Å². The van der Waals surface area contributed by atoms with Crippen molar-refractivity contribution in [2.75, 3.05) is 52.4 Å². The second-order valence-electron chi connectivity index (χ2n) is 9.81. The van der Waals surface area contributed by atoms with Crippen LogP contribution in [0.15, 0.2) is 0 Å². The second-order valence-corrected chi connectivity index (χ2v) is 9.81. The van der Waals surface area contributed by atoms with Crippen molar-refractivity contribution < 1.29 is 104 Å². The van der Waals surface area contributed by atoms with Crippen LogP contribution in [-0.2, 0) is 83.7 Å². The standard InChI is InChI=1S/4C8H13NO4.Zr/c4*1-3-9(4-2)7(11)5-6(10)8(12)13;/h4*3-5H2,1-2H3,(H,12,13);/q;;;;+4/p-4. The van der Waals surface area contributed by atoms with E-state index in [9.17, 15) is 78.0 Å². The first kappa shape index (κ1) is 57.7. The van der Waals surface area contributed by atoms with Gasteiger partial charge in [0, 0.05) is 52.4 Å². The maximum atomic E-state index is 11.1. The third-order valence-corrected chi connectivity index (χ3v) is 6.62. The van der Waals surface area contributed by atoms with Crippen molar-refractivity contribution in [1.29, 1.82) is 0 Å². The Morgan fingerprint density at radius 1 is 0.302 bits per heavy atom. The number of carbonyl (C=O) groups excluding carboxylic acids is 12. The Morgan fingerprint density at radius 2 is 0.415 bits per heavy atom. The Morgan fingerprint density at radius 3 is 0.491 bits per heavy atom. The van der Waals surface area contributed by atoms with Crippen LogP contribution < -0.4 is 20.4 Å². The molecule has 296 valence electrons. The predicted octanol–water partition coefficient (Wildman–Crippen LogP) is -5.75. The largest absolute Gasteiger partial charge is 4.00 e. The summed E-state index contributed by atoms with van der Waals surface area (Å²) in [6.07, 6.45) is -2.43. The number of rotatable bonds is 20. The molecule has 0 radical (unpaired) electrons. The van der Waals surface area contributed by atoms with E-state index < -0.39 is 96.3 Å². The zero-order valence-electron chi connectivity index (χ0n) is 31.3. The van der Waals surface area contributed by atoms with Crippen molar-refractivity contribution in [3.8, 4) is 0 Å². The van der Waals surface area contributed by atoms with Gasteiger partial charge in [-0.25, -0.2) is 0 Å². The van der Waals surface area contributed by atoms with Crippen LogP contribution in [0.4, 0.5) is 0 Å². The minimum atomic E-state index is -1.81. The van der Waals surface area contributed by atoms with Crippen LogP contribution in [0.25, 0.3) is 0 Å². The van der Waals surface area contributed by atoms with Gasteiger partial charge in [-0.2, -0.15) is 0 Å². The smallest absolute Gasteiger partial charge is 0.542 e. The van der Waals surface area contributed by atoms with Gasteiger partial charge in [-0.1, -0.05) is 0 Å². The molecule has 53 heavy (non-hydrogen) atoms. The monoisotopic (exact) mass is 834 g/mol. The molecule has 0 saturated carbocycles. The van der Waals surface area contributed by atoms with E-state index in [4.69, 9.17) is 0 Å². The van der Waals surface area contributed by atoms with Crippen LogP contribution in [0.2, 0.25) is 0 Å². The summed E-state index contributed by atoms with van der Waals surface area (Å²) < 4.78 is 0. The van der Waals surface area contributed by atoms with Gasteiger partial charge in [0.1, 0.15) is 23.9 Å². The molecule has 0 fully saturated rings. The maximum Gasteiger partial charge on any atom is 4.00 e. The molecular formula is C32H48N4O16Zr. The molecule has 0 atom stereocenters. The van der Waals surface area contributed by atoms with Gasteiger partial charge in [0.25, 0.3) is 0 Å². The number of nitrogens with zero attached hydrogens (tertiary/aromatic N) is 4. The normalized spacial score (nSPS) is 9.21. The van der Waals surface area contributed by atoms with Crippen molar-refractivity contribution in [2.45, 2.75) is 81.1 Å². The fraction of sp³-hybridized carbons (Fsp3) is 0.625. The number of ketones is 4. The van der Waals surface area contributed by atoms with Crippen molar-refractivity contribution in [3.05, 3.63) is 0 Å². The van der Waals surface area contributed by atoms with Gasteiger partial charge in [0.2, 0.25) is 23.6 Å². The van der Waals surface area contributed by atoms with Crippen molar-refractivity contribution >= 4 is 70.6 Å². The summed E-state index contributed by atoms with van der Waals surface area (Å²) in [6.45, 7) is 17.8. The van der Waals surface area contributed by atoms with Crippen molar-refractivity contribution in [1.82, 2.24) is 19.6 Å². The molecule has 4 amide bonds. The zero-order valence-corrected chi connectivity index (χ0v) is 33.8. The van der Waals surface area contributed by atoms with E-state index in [0.717, 1.165) is 0 Å². The number of carbonyl (C=O) groups is 12. The number of carboxylic acids is 4. The molecule has 0 aliphatic heterocycles. The summed E-state index contributed by atoms with van der Waals surface area (Å²) in [5, 5.41) is 40.0. The summed E-state index contributed by atoms with van der Waals surface area (Å²) >= 11 is 0. The van der Waals surface area contributed by atoms with Gasteiger partial charge in [-0.15, -0.1) is 0 Å². The molecule has 0 aromatic carbocycles. The van der Waals surface area contributed by atoms with Gasteiger partial charge in [0.05, 0.1) is 25.7 Å². The minimum Gasteiger partial charge on any atom is -0.542 e. The average molecular weight is 836 g/mol. The minimum absolute atomic E-state index is 0. The Balaban J connectivity index is -0.000000192. The first-order valence-electron chi connectivity index (χ1n) is 16.2. The first-order valence-corrected chi connectivity index (χ1v) is 16.2. The van der Waals surface area contributed by atoms with Gasteiger partial charge < -0.3 is 59.2 Å². The van der Waals surface area contributed by atoms with E-state index in [0.29, 0.717) is 52.4 Å². The molecule has 0 spiro atoms. The van der Waals surface area contributed by atoms with Crippen molar-refractivity contribution in [2.24, 2.45) is 0 Å². The van der Waals surface area contributed by atoms with E-state index in [1.165, 1.54) is 19.6 Å². The van der Waals surface area contributed by atoms with E-state index >= 15 is 0 Å². The van der Waals surface area contributed by atoms with Crippen LogP contribution >= 0.6 is 0 Å². The topological polar surface area (TPSA) is 310 Å². The second kappa shape index (κ2) is 33.2. The Hall–Kier alpha value is -4.68. The Labute approximate surface area is 326 Å². The molecule has 0 heterocycles. The fourth-order valence-electron chi connectivity index (χ4n) is 3.59. The summed E-state index contributed by atoms with van der Waals surface area (Å²) in [5.74, 6) is -13.8. The Kier molecular flexibility index (Phi) is 36.1. The van der Waals surface area contributed by atoms with Crippen molar-refractivity contribution in [3.63, 3.8) is 0 Å². The summed E-state index contributed by atoms with van der Waals surface area (Å²) in [5.41, 5.74) is 0. The molecule has 0 unspecified atom stereocenters. The van der Waals surface area contributed by atoms with Crippen LogP contribution in [0, 0.1) is 0 Å².